The Balaban J connectivity index is 2.68. The van der Waals surface area contributed by atoms with Gasteiger partial charge in [0.05, 0.1) is 0 Å². The molecule has 1 saturated heterocycles. The van der Waals surface area contributed by atoms with Crippen molar-refractivity contribution in [1.82, 2.24) is 15.1 Å². The predicted molar refractivity (Wildman–Crippen MR) is 72.8 cm³/mol. The number of rotatable bonds is 5. The summed E-state index contributed by atoms with van der Waals surface area (Å²) in [4.78, 5) is 16.0. The van der Waals surface area contributed by atoms with Crippen molar-refractivity contribution in [1.29, 1.82) is 0 Å². The lowest BCUT2D eigenvalue weighted by Gasteiger charge is -2.44. The fraction of sp³-hybridized carbons (Fsp3) is 0.923. The normalized spacial score (nSPS) is 30.1. The molecular formula is C13H27N3O2. The van der Waals surface area contributed by atoms with Gasteiger partial charge < -0.3 is 10.4 Å². The van der Waals surface area contributed by atoms with Crippen molar-refractivity contribution in [2.45, 2.75) is 45.3 Å². The molecule has 106 valence electrons. The molecular weight excluding hydrogens is 230 g/mol. The molecule has 1 aliphatic heterocycles. The van der Waals surface area contributed by atoms with Crippen molar-refractivity contribution in [2.75, 3.05) is 33.2 Å². The number of piperazine rings is 1. The van der Waals surface area contributed by atoms with Crippen molar-refractivity contribution in [3.05, 3.63) is 0 Å². The summed E-state index contributed by atoms with van der Waals surface area (Å²) in [5.74, 6) is -0.774. The number of carboxylic acids is 1. The van der Waals surface area contributed by atoms with E-state index in [4.69, 9.17) is 0 Å². The molecule has 0 aromatic rings. The fourth-order valence-corrected chi connectivity index (χ4v) is 2.68. The number of carbonyl (C=O) groups is 1. The molecule has 0 spiro atoms. The highest BCUT2D eigenvalue weighted by atomic mass is 16.4. The number of nitrogens with zero attached hydrogens (tertiary/aromatic N) is 2. The van der Waals surface area contributed by atoms with E-state index >= 15 is 0 Å². The number of hydrogen-bond donors (Lipinski definition) is 2. The van der Waals surface area contributed by atoms with Crippen LogP contribution in [-0.2, 0) is 4.79 Å². The largest absolute Gasteiger partial charge is 0.480 e. The molecule has 0 radical (unpaired) electrons. The van der Waals surface area contributed by atoms with E-state index in [1.807, 2.05) is 6.92 Å². The Hall–Kier alpha value is -0.650. The Morgan fingerprint density at radius 1 is 1.39 bits per heavy atom. The van der Waals surface area contributed by atoms with E-state index in [9.17, 15) is 9.90 Å². The van der Waals surface area contributed by atoms with Crippen LogP contribution in [0.3, 0.4) is 0 Å². The Morgan fingerprint density at radius 2 is 1.89 bits per heavy atom. The van der Waals surface area contributed by atoms with Crippen molar-refractivity contribution < 1.29 is 9.90 Å². The first kappa shape index (κ1) is 15.4. The number of nitrogens with one attached hydrogen (secondary N) is 1. The average molecular weight is 257 g/mol. The van der Waals surface area contributed by atoms with E-state index in [1.165, 1.54) is 0 Å². The van der Waals surface area contributed by atoms with Crippen molar-refractivity contribution in [3.8, 4) is 0 Å². The first-order valence-corrected chi connectivity index (χ1v) is 6.73. The second-order valence-corrected chi connectivity index (χ2v) is 5.73. The monoisotopic (exact) mass is 257 g/mol. The minimum atomic E-state index is -0.857. The van der Waals surface area contributed by atoms with Crippen molar-refractivity contribution in [3.63, 3.8) is 0 Å². The minimum absolute atomic E-state index is 0.466. The Kier molecular flexibility index (Phi) is 5.13. The van der Waals surface area contributed by atoms with Crippen LogP contribution in [0.25, 0.3) is 0 Å². The molecule has 1 heterocycles. The first-order valence-electron chi connectivity index (χ1n) is 6.73. The number of aliphatic carboxylic acids is 1. The zero-order chi connectivity index (χ0) is 13.9. The molecule has 5 nitrogen and oxygen atoms in total. The quantitative estimate of drug-likeness (QED) is 0.749. The average Bonchev–Trinajstić information content (AvgIpc) is 2.25. The lowest BCUT2D eigenvalue weighted by atomic mass is 9.99. The maximum Gasteiger partial charge on any atom is 0.324 e. The van der Waals surface area contributed by atoms with Crippen molar-refractivity contribution >= 4 is 5.97 Å². The standard InChI is InChI=1S/C13H27N3O2/c1-6-14-13(4,12(17)18)9-16-7-10(2)15(5)11(3)8-16/h10-11,14H,6-9H2,1-5H3,(H,17,18). The van der Waals surface area contributed by atoms with Gasteiger partial charge in [-0.15, -0.1) is 0 Å². The van der Waals surface area contributed by atoms with Gasteiger partial charge in [0.2, 0.25) is 0 Å². The maximum atomic E-state index is 11.4. The molecule has 18 heavy (non-hydrogen) atoms. The molecule has 0 amide bonds. The lowest BCUT2D eigenvalue weighted by molar-refractivity contribution is -0.145. The van der Waals surface area contributed by atoms with E-state index in [0.29, 0.717) is 25.2 Å². The third kappa shape index (κ3) is 3.43. The SMILES string of the molecule is CCNC(C)(CN1CC(C)N(C)C(C)C1)C(=O)O. The van der Waals surface area contributed by atoms with Crippen LogP contribution in [0.4, 0.5) is 0 Å². The maximum absolute atomic E-state index is 11.4. The topological polar surface area (TPSA) is 55.8 Å². The summed E-state index contributed by atoms with van der Waals surface area (Å²) in [6, 6.07) is 0.932. The summed E-state index contributed by atoms with van der Waals surface area (Å²) in [6.45, 7) is 11.2. The van der Waals surface area contributed by atoms with Crippen LogP contribution in [-0.4, -0.2) is 71.7 Å². The molecule has 1 aliphatic rings. The fourth-order valence-electron chi connectivity index (χ4n) is 2.68. The Bertz CT molecular complexity index is 286. The summed E-state index contributed by atoms with van der Waals surface area (Å²) in [7, 11) is 2.13. The van der Waals surface area contributed by atoms with Crippen LogP contribution < -0.4 is 5.32 Å². The summed E-state index contributed by atoms with van der Waals surface area (Å²) in [6.07, 6.45) is 0. The van der Waals surface area contributed by atoms with Crippen molar-refractivity contribution in [2.24, 2.45) is 0 Å². The molecule has 1 rings (SSSR count). The summed E-state index contributed by atoms with van der Waals surface area (Å²) < 4.78 is 0. The third-order valence-electron chi connectivity index (χ3n) is 4.01. The smallest absolute Gasteiger partial charge is 0.324 e. The van der Waals surface area contributed by atoms with Crippen LogP contribution in [0, 0.1) is 0 Å². The van der Waals surface area contributed by atoms with Gasteiger partial charge in [-0.2, -0.15) is 0 Å². The van der Waals surface area contributed by atoms with Crippen LogP contribution >= 0.6 is 0 Å². The first-order chi connectivity index (χ1) is 8.30. The second-order valence-electron chi connectivity index (χ2n) is 5.73. The highest BCUT2D eigenvalue weighted by Gasteiger charge is 2.37. The third-order valence-corrected chi connectivity index (χ3v) is 4.01. The molecule has 0 saturated carbocycles. The van der Waals surface area contributed by atoms with Gasteiger partial charge in [-0.1, -0.05) is 6.92 Å². The molecule has 5 heteroatoms. The van der Waals surface area contributed by atoms with Crippen LogP contribution in [0.2, 0.25) is 0 Å². The lowest BCUT2D eigenvalue weighted by Crippen LogP contribution is -2.62. The van der Waals surface area contributed by atoms with Gasteiger partial charge in [0.25, 0.3) is 0 Å². The van der Waals surface area contributed by atoms with Crippen LogP contribution in [0.1, 0.15) is 27.7 Å². The highest BCUT2D eigenvalue weighted by Crippen LogP contribution is 2.16. The summed E-state index contributed by atoms with van der Waals surface area (Å²) in [5.41, 5.74) is -0.857. The van der Waals surface area contributed by atoms with Gasteiger partial charge >= 0.3 is 5.97 Å². The summed E-state index contributed by atoms with van der Waals surface area (Å²) >= 11 is 0. The highest BCUT2D eigenvalue weighted by molar-refractivity contribution is 5.78. The Labute approximate surface area is 110 Å². The van der Waals surface area contributed by atoms with Gasteiger partial charge in [-0.3, -0.25) is 14.6 Å². The Morgan fingerprint density at radius 3 is 2.28 bits per heavy atom. The molecule has 3 atom stereocenters. The van der Waals surface area contributed by atoms with E-state index in [0.717, 1.165) is 13.1 Å². The zero-order valence-electron chi connectivity index (χ0n) is 12.2. The molecule has 0 aromatic heterocycles. The molecule has 1 fully saturated rings. The van der Waals surface area contributed by atoms with Gasteiger partial charge in [0, 0.05) is 31.7 Å². The minimum Gasteiger partial charge on any atom is -0.480 e. The molecule has 0 aromatic carbocycles. The van der Waals surface area contributed by atoms with E-state index in [-0.39, 0.29) is 0 Å². The summed E-state index contributed by atoms with van der Waals surface area (Å²) in [5, 5.41) is 12.5. The van der Waals surface area contributed by atoms with E-state index < -0.39 is 11.5 Å². The van der Waals surface area contributed by atoms with Crippen LogP contribution in [0.15, 0.2) is 0 Å². The number of carboxylic acid groups (broad SMARTS) is 1. The van der Waals surface area contributed by atoms with Gasteiger partial charge in [-0.05, 0) is 34.4 Å². The van der Waals surface area contributed by atoms with Gasteiger partial charge in [0.15, 0.2) is 0 Å². The molecule has 0 aliphatic carbocycles. The number of hydrogen-bond acceptors (Lipinski definition) is 4. The molecule has 0 bridgehead atoms. The molecule has 2 N–H and O–H groups in total. The van der Waals surface area contributed by atoms with Gasteiger partial charge in [0.1, 0.15) is 5.54 Å². The second kappa shape index (κ2) is 5.99. The number of likely N-dealkylation sites (N-methyl/N-ethyl adjacent to an activating group) is 2. The van der Waals surface area contributed by atoms with E-state index in [2.05, 4.69) is 36.0 Å². The predicted octanol–water partition coefficient (Wildman–Crippen LogP) is 0.464. The van der Waals surface area contributed by atoms with E-state index in [1.54, 1.807) is 6.92 Å². The molecule has 3 unspecified atom stereocenters. The van der Waals surface area contributed by atoms with Crippen LogP contribution in [0.5, 0.6) is 0 Å². The van der Waals surface area contributed by atoms with Gasteiger partial charge in [-0.25, -0.2) is 0 Å². The zero-order valence-corrected chi connectivity index (χ0v) is 12.2.